The molecule has 0 aliphatic rings. The number of carbonyl (C=O) groups excluding carboxylic acids is 2. The fourth-order valence-corrected chi connectivity index (χ4v) is 1.66. The third-order valence-corrected chi connectivity index (χ3v) is 2.56. The monoisotopic (exact) mass is 277 g/mol. The van der Waals surface area contributed by atoms with Crippen LogP contribution in [0, 0.1) is 0 Å². The number of anilines is 2. The van der Waals surface area contributed by atoms with Gasteiger partial charge in [0.1, 0.15) is 12.4 Å². The minimum Gasteiger partial charge on any atom is -0.382 e. The van der Waals surface area contributed by atoms with E-state index in [9.17, 15) is 9.59 Å². The molecule has 2 aromatic heterocycles. The summed E-state index contributed by atoms with van der Waals surface area (Å²) in [5.74, 6) is -0.725. The number of nitrogens with one attached hydrogen (secondary N) is 1. The molecular formula is C11H15N7O2. The number of carbonyl (C=O) groups is 2. The van der Waals surface area contributed by atoms with E-state index in [2.05, 4.69) is 15.5 Å². The number of hydrogen-bond donors (Lipinski definition) is 3. The predicted octanol–water partition coefficient (Wildman–Crippen LogP) is -0.581. The molecule has 0 radical (unpaired) electrons. The number of nitrogens with two attached hydrogens (primary N) is 2. The Balaban J connectivity index is 2.10. The smallest absolute Gasteiger partial charge is 0.271 e. The van der Waals surface area contributed by atoms with Crippen molar-refractivity contribution in [2.75, 3.05) is 11.1 Å². The summed E-state index contributed by atoms with van der Waals surface area (Å²) in [4.78, 5) is 23.1. The molecule has 9 nitrogen and oxygen atoms in total. The van der Waals surface area contributed by atoms with Crippen LogP contribution in [-0.2, 0) is 17.9 Å². The molecule has 20 heavy (non-hydrogen) atoms. The lowest BCUT2D eigenvalue weighted by molar-refractivity contribution is -0.116. The van der Waals surface area contributed by atoms with E-state index >= 15 is 0 Å². The Hall–Kier alpha value is -2.84. The summed E-state index contributed by atoms with van der Waals surface area (Å²) in [5.41, 5.74) is 11.0. The first-order valence-corrected chi connectivity index (χ1v) is 5.95. The van der Waals surface area contributed by atoms with Crippen molar-refractivity contribution in [2.24, 2.45) is 5.73 Å². The average molecular weight is 277 g/mol. The van der Waals surface area contributed by atoms with Crippen molar-refractivity contribution in [2.45, 2.75) is 20.0 Å². The molecule has 0 saturated heterocycles. The topological polar surface area (TPSA) is 134 Å². The second kappa shape index (κ2) is 5.43. The number of aromatic nitrogens is 4. The van der Waals surface area contributed by atoms with E-state index < -0.39 is 5.91 Å². The zero-order valence-electron chi connectivity index (χ0n) is 10.9. The molecular weight excluding hydrogens is 262 g/mol. The van der Waals surface area contributed by atoms with Crippen LogP contribution in [0.2, 0.25) is 0 Å². The first-order chi connectivity index (χ1) is 9.49. The van der Waals surface area contributed by atoms with E-state index in [1.807, 2.05) is 6.92 Å². The van der Waals surface area contributed by atoms with Gasteiger partial charge in [-0.1, -0.05) is 0 Å². The summed E-state index contributed by atoms with van der Waals surface area (Å²) >= 11 is 0. The van der Waals surface area contributed by atoms with Crippen LogP contribution in [0.1, 0.15) is 17.4 Å². The number of primary amides is 1. The molecule has 0 aromatic carbocycles. The second-order valence-corrected chi connectivity index (χ2v) is 4.10. The summed E-state index contributed by atoms with van der Waals surface area (Å²) in [6.07, 6.45) is 3.13. The highest BCUT2D eigenvalue weighted by Crippen LogP contribution is 2.13. The summed E-state index contributed by atoms with van der Waals surface area (Å²) in [6, 6.07) is 1.58. The Morgan fingerprint density at radius 1 is 1.35 bits per heavy atom. The Bertz CT molecular complexity index is 643. The van der Waals surface area contributed by atoms with Gasteiger partial charge in [-0.15, -0.1) is 0 Å². The largest absolute Gasteiger partial charge is 0.382 e. The maximum absolute atomic E-state index is 11.9. The van der Waals surface area contributed by atoms with Crippen molar-refractivity contribution < 1.29 is 9.59 Å². The zero-order chi connectivity index (χ0) is 14.7. The number of rotatable bonds is 5. The van der Waals surface area contributed by atoms with Crippen LogP contribution in [0.25, 0.3) is 0 Å². The molecule has 0 aliphatic carbocycles. The lowest BCUT2D eigenvalue weighted by Crippen LogP contribution is -2.21. The molecule has 0 unspecified atom stereocenters. The Morgan fingerprint density at radius 2 is 2.10 bits per heavy atom. The van der Waals surface area contributed by atoms with Gasteiger partial charge in [-0.2, -0.15) is 10.2 Å². The third-order valence-electron chi connectivity index (χ3n) is 2.56. The van der Waals surface area contributed by atoms with Crippen LogP contribution in [-0.4, -0.2) is 31.4 Å². The molecule has 2 heterocycles. The number of hydrogen-bond acceptors (Lipinski definition) is 5. The fraction of sp³-hybridized carbons (Fsp3) is 0.273. The van der Waals surface area contributed by atoms with Gasteiger partial charge in [0.05, 0.1) is 5.69 Å². The predicted molar refractivity (Wildman–Crippen MR) is 71.7 cm³/mol. The number of amides is 2. The van der Waals surface area contributed by atoms with Crippen molar-refractivity contribution in [3.05, 3.63) is 24.2 Å². The van der Waals surface area contributed by atoms with Gasteiger partial charge in [-0.3, -0.25) is 19.0 Å². The highest BCUT2D eigenvalue weighted by molar-refractivity contribution is 6.01. The minimum atomic E-state index is -0.698. The summed E-state index contributed by atoms with van der Waals surface area (Å²) in [7, 11) is 0. The number of nitrogens with zero attached hydrogens (tertiary/aromatic N) is 4. The van der Waals surface area contributed by atoms with Crippen LogP contribution in [0.4, 0.5) is 11.5 Å². The molecule has 2 aromatic rings. The van der Waals surface area contributed by atoms with Crippen LogP contribution in [0.15, 0.2) is 18.5 Å². The highest BCUT2D eigenvalue weighted by Gasteiger charge is 2.16. The van der Waals surface area contributed by atoms with Crippen molar-refractivity contribution in [1.82, 2.24) is 19.6 Å². The molecule has 2 rings (SSSR count). The van der Waals surface area contributed by atoms with Gasteiger partial charge < -0.3 is 16.8 Å². The lowest BCUT2D eigenvalue weighted by atomic mass is 10.3. The van der Waals surface area contributed by atoms with E-state index in [4.69, 9.17) is 11.5 Å². The Labute approximate surface area is 114 Å². The SMILES string of the molecule is CCn1cc(NC(=O)Cn2ccc(N)n2)c(C(N)=O)n1. The van der Waals surface area contributed by atoms with Crippen LogP contribution >= 0.6 is 0 Å². The van der Waals surface area contributed by atoms with Gasteiger partial charge in [0.2, 0.25) is 5.91 Å². The minimum absolute atomic E-state index is 0.0211. The van der Waals surface area contributed by atoms with Crippen molar-refractivity contribution in [3.63, 3.8) is 0 Å². The Kier molecular flexibility index (Phi) is 3.69. The lowest BCUT2D eigenvalue weighted by Gasteiger charge is -2.03. The van der Waals surface area contributed by atoms with E-state index in [0.717, 1.165) is 0 Å². The molecule has 0 fully saturated rings. The maximum atomic E-state index is 11.9. The first-order valence-electron chi connectivity index (χ1n) is 5.95. The second-order valence-electron chi connectivity index (χ2n) is 4.10. The fourth-order valence-electron chi connectivity index (χ4n) is 1.66. The van der Waals surface area contributed by atoms with E-state index in [-0.39, 0.29) is 23.8 Å². The van der Waals surface area contributed by atoms with E-state index in [1.54, 1.807) is 18.5 Å². The quantitative estimate of drug-likeness (QED) is 0.672. The highest BCUT2D eigenvalue weighted by atomic mass is 16.2. The normalized spacial score (nSPS) is 10.4. The van der Waals surface area contributed by atoms with Crippen molar-refractivity contribution in [1.29, 1.82) is 0 Å². The molecule has 0 aliphatic heterocycles. The van der Waals surface area contributed by atoms with Crippen LogP contribution < -0.4 is 16.8 Å². The van der Waals surface area contributed by atoms with Gasteiger partial charge in [0.15, 0.2) is 5.69 Å². The summed E-state index contributed by atoms with van der Waals surface area (Å²) in [6.45, 7) is 2.40. The van der Waals surface area contributed by atoms with Crippen LogP contribution in [0.3, 0.4) is 0 Å². The molecule has 9 heteroatoms. The maximum Gasteiger partial charge on any atom is 0.271 e. The van der Waals surface area contributed by atoms with Gasteiger partial charge in [0, 0.05) is 18.9 Å². The molecule has 5 N–H and O–H groups in total. The third kappa shape index (κ3) is 2.94. The molecule has 106 valence electrons. The molecule has 0 atom stereocenters. The van der Waals surface area contributed by atoms with E-state index in [0.29, 0.717) is 12.4 Å². The zero-order valence-corrected chi connectivity index (χ0v) is 10.9. The van der Waals surface area contributed by atoms with Gasteiger partial charge in [0.25, 0.3) is 5.91 Å². The van der Waals surface area contributed by atoms with Crippen molar-refractivity contribution in [3.8, 4) is 0 Å². The van der Waals surface area contributed by atoms with Gasteiger partial charge >= 0.3 is 0 Å². The molecule has 0 bridgehead atoms. The number of nitrogen functional groups attached to an aromatic ring is 1. The van der Waals surface area contributed by atoms with Gasteiger partial charge in [-0.05, 0) is 13.0 Å². The summed E-state index contributed by atoms with van der Waals surface area (Å²) in [5, 5.41) is 10.4. The average Bonchev–Trinajstić information content (AvgIpc) is 2.95. The molecule has 0 spiro atoms. The van der Waals surface area contributed by atoms with Crippen LogP contribution in [0.5, 0.6) is 0 Å². The summed E-state index contributed by atoms with van der Waals surface area (Å²) < 4.78 is 2.90. The van der Waals surface area contributed by atoms with E-state index in [1.165, 1.54) is 9.36 Å². The first kappa shape index (κ1) is 13.6. The molecule has 0 saturated carbocycles. The standard InChI is InChI=1S/C11H15N7O2/c1-2-17-5-7(10(16-17)11(13)20)14-9(19)6-18-4-3-8(12)15-18/h3-5H,2,6H2,1H3,(H2,12,15)(H2,13,20)(H,14,19). The Morgan fingerprint density at radius 3 is 2.65 bits per heavy atom. The van der Waals surface area contributed by atoms with Gasteiger partial charge in [-0.25, -0.2) is 0 Å². The van der Waals surface area contributed by atoms with Crippen molar-refractivity contribution >= 4 is 23.3 Å². The molecule has 2 amide bonds. The number of aryl methyl sites for hydroxylation is 1.